The van der Waals surface area contributed by atoms with Gasteiger partial charge in [0.1, 0.15) is 0 Å². The molecule has 104 valence electrons. The Morgan fingerprint density at radius 3 is 2.83 bits per heavy atom. The fraction of sp³-hybridized carbons (Fsp3) is 0.923. The van der Waals surface area contributed by atoms with E-state index in [-0.39, 0.29) is 12.0 Å². The topological polar surface area (TPSA) is 50.8 Å². The standard InChI is InChI=1S/C13H24N2O3/c1-17-10-11-2-5-15(6-3-11)13(16)8-12-9-14-4-7-18-12/h11-12,14H,2-10H2,1H3. The number of likely N-dealkylation sites (tertiary alicyclic amines) is 1. The molecule has 0 aliphatic carbocycles. The van der Waals surface area contributed by atoms with Crippen LogP contribution in [0.3, 0.4) is 0 Å². The van der Waals surface area contributed by atoms with E-state index in [1.54, 1.807) is 7.11 Å². The Hall–Kier alpha value is -0.650. The van der Waals surface area contributed by atoms with Crippen LogP contribution in [0.25, 0.3) is 0 Å². The summed E-state index contributed by atoms with van der Waals surface area (Å²) in [5, 5.41) is 3.25. The van der Waals surface area contributed by atoms with Crippen molar-refractivity contribution in [2.45, 2.75) is 25.4 Å². The zero-order chi connectivity index (χ0) is 12.8. The Labute approximate surface area is 109 Å². The van der Waals surface area contributed by atoms with Gasteiger partial charge in [0.15, 0.2) is 0 Å². The van der Waals surface area contributed by atoms with Gasteiger partial charge in [0, 0.05) is 39.9 Å². The van der Waals surface area contributed by atoms with Crippen LogP contribution in [-0.2, 0) is 14.3 Å². The molecule has 2 fully saturated rings. The summed E-state index contributed by atoms with van der Waals surface area (Å²) in [5.41, 5.74) is 0. The maximum atomic E-state index is 12.1. The Kier molecular flexibility index (Phi) is 5.41. The number of nitrogens with one attached hydrogen (secondary N) is 1. The van der Waals surface area contributed by atoms with Crippen LogP contribution in [0.15, 0.2) is 0 Å². The van der Waals surface area contributed by atoms with Crippen LogP contribution in [0.5, 0.6) is 0 Å². The number of carbonyl (C=O) groups excluding carboxylic acids is 1. The highest BCUT2D eigenvalue weighted by molar-refractivity contribution is 5.76. The summed E-state index contributed by atoms with van der Waals surface area (Å²) in [7, 11) is 1.74. The Morgan fingerprint density at radius 1 is 1.44 bits per heavy atom. The van der Waals surface area contributed by atoms with Gasteiger partial charge in [0.05, 0.1) is 19.1 Å². The smallest absolute Gasteiger partial charge is 0.225 e. The van der Waals surface area contributed by atoms with E-state index < -0.39 is 0 Å². The van der Waals surface area contributed by atoms with Gasteiger partial charge in [0.25, 0.3) is 0 Å². The van der Waals surface area contributed by atoms with Gasteiger partial charge in [-0.1, -0.05) is 0 Å². The maximum Gasteiger partial charge on any atom is 0.225 e. The molecule has 1 unspecified atom stereocenters. The number of nitrogens with zero attached hydrogens (tertiary/aromatic N) is 1. The van der Waals surface area contributed by atoms with Crippen LogP contribution in [-0.4, -0.2) is 63.4 Å². The average Bonchev–Trinajstić information content (AvgIpc) is 2.41. The number of piperidine rings is 1. The molecule has 5 heteroatoms. The third kappa shape index (κ3) is 3.93. The molecular weight excluding hydrogens is 232 g/mol. The predicted molar refractivity (Wildman–Crippen MR) is 68.4 cm³/mol. The van der Waals surface area contributed by atoms with Crippen molar-refractivity contribution in [1.82, 2.24) is 10.2 Å². The summed E-state index contributed by atoms with van der Waals surface area (Å²) in [6.45, 7) is 4.96. The van der Waals surface area contributed by atoms with Crippen molar-refractivity contribution in [3.63, 3.8) is 0 Å². The maximum absolute atomic E-state index is 12.1. The lowest BCUT2D eigenvalue weighted by molar-refractivity contribution is -0.136. The molecule has 2 saturated heterocycles. The molecule has 2 rings (SSSR count). The number of morpholine rings is 1. The second-order valence-electron chi connectivity index (χ2n) is 5.18. The van der Waals surface area contributed by atoms with Crippen LogP contribution in [0, 0.1) is 5.92 Å². The van der Waals surface area contributed by atoms with Crippen LogP contribution >= 0.6 is 0 Å². The van der Waals surface area contributed by atoms with Gasteiger partial charge in [-0.3, -0.25) is 4.79 Å². The number of hydrogen-bond acceptors (Lipinski definition) is 4. The first-order valence-electron chi connectivity index (χ1n) is 6.88. The first kappa shape index (κ1) is 13.8. The zero-order valence-corrected chi connectivity index (χ0v) is 11.2. The van der Waals surface area contributed by atoms with Crippen molar-refractivity contribution in [2.24, 2.45) is 5.92 Å². The summed E-state index contributed by atoms with van der Waals surface area (Å²) >= 11 is 0. The number of amides is 1. The lowest BCUT2D eigenvalue weighted by atomic mass is 9.97. The zero-order valence-electron chi connectivity index (χ0n) is 11.2. The molecule has 1 amide bonds. The molecule has 0 saturated carbocycles. The molecule has 0 bridgehead atoms. The van der Waals surface area contributed by atoms with Gasteiger partial charge in [-0.2, -0.15) is 0 Å². The average molecular weight is 256 g/mol. The number of methoxy groups -OCH3 is 1. The van der Waals surface area contributed by atoms with Gasteiger partial charge in [0.2, 0.25) is 5.91 Å². The number of carbonyl (C=O) groups is 1. The highest BCUT2D eigenvalue weighted by Gasteiger charge is 2.25. The van der Waals surface area contributed by atoms with Crippen LogP contribution in [0.2, 0.25) is 0 Å². The molecule has 1 N–H and O–H groups in total. The highest BCUT2D eigenvalue weighted by atomic mass is 16.5. The Balaban J connectivity index is 1.70. The second-order valence-corrected chi connectivity index (χ2v) is 5.18. The third-order valence-electron chi connectivity index (χ3n) is 3.78. The van der Waals surface area contributed by atoms with Gasteiger partial charge >= 0.3 is 0 Å². The monoisotopic (exact) mass is 256 g/mol. The summed E-state index contributed by atoms with van der Waals surface area (Å²) in [6.07, 6.45) is 2.69. The van der Waals surface area contributed by atoms with E-state index in [1.165, 1.54) is 0 Å². The van der Waals surface area contributed by atoms with E-state index >= 15 is 0 Å². The minimum absolute atomic E-state index is 0.0583. The van der Waals surface area contributed by atoms with Crippen molar-refractivity contribution >= 4 is 5.91 Å². The van der Waals surface area contributed by atoms with Gasteiger partial charge in [-0.15, -0.1) is 0 Å². The molecule has 2 aliphatic heterocycles. The van der Waals surface area contributed by atoms with E-state index in [0.717, 1.165) is 45.6 Å². The van der Waals surface area contributed by atoms with E-state index in [2.05, 4.69) is 5.32 Å². The molecule has 2 aliphatic rings. The lowest BCUT2D eigenvalue weighted by Gasteiger charge is -2.33. The largest absolute Gasteiger partial charge is 0.384 e. The Bertz CT molecular complexity index is 259. The van der Waals surface area contributed by atoms with Crippen molar-refractivity contribution in [3.05, 3.63) is 0 Å². The number of ether oxygens (including phenoxy) is 2. The van der Waals surface area contributed by atoms with Crippen LogP contribution < -0.4 is 5.32 Å². The van der Waals surface area contributed by atoms with Crippen LogP contribution in [0.1, 0.15) is 19.3 Å². The van der Waals surface area contributed by atoms with Crippen molar-refractivity contribution in [1.29, 1.82) is 0 Å². The minimum Gasteiger partial charge on any atom is -0.384 e. The summed E-state index contributed by atoms with van der Waals surface area (Å²) < 4.78 is 10.7. The highest BCUT2D eigenvalue weighted by Crippen LogP contribution is 2.18. The van der Waals surface area contributed by atoms with Gasteiger partial charge in [-0.05, 0) is 18.8 Å². The molecule has 5 nitrogen and oxygen atoms in total. The minimum atomic E-state index is 0.0583. The third-order valence-corrected chi connectivity index (χ3v) is 3.78. The summed E-state index contributed by atoms with van der Waals surface area (Å²) in [6, 6.07) is 0. The fourth-order valence-corrected chi connectivity index (χ4v) is 2.66. The summed E-state index contributed by atoms with van der Waals surface area (Å²) in [5.74, 6) is 0.853. The number of hydrogen-bond donors (Lipinski definition) is 1. The van der Waals surface area contributed by atoms with Gasteiger partial charge in [-0.25, -0.2) is 0 Å². The molecule has 2 heterocycles. The molecular formula is C13H24N2O3. The SMILES string of the molecule is COCC1CCN(C(=O)CC2CNCCO2)CC1. The molecule has 0 aromatic carbocycles. The van der Waals surface area contributed by atoms with E-state index in [4.69, 9.17) is 9.47 Å². The van der Waals surface area contributed by atoms with E-state index in [9.17, 15) is 4.79 Å². The Morgan fingerprint density at radius 2 is 2.22 bits per heavy atom. The molecule has 18 heavy (non-hydrogen) atoms. The molecule has 0 aromatic rings. The second kappa shape index (κ2) is 7.07. The predicted octanol–water partition coefficient (Wildman–Crippen LogP) is 0.250. The van der Waals surface area contributed by atoms with E-state index in [1.807, 2.05) is 4.90 Å². The van der Waals surface area contributed by atoms with Crippen LogP contribution in [0.4, 0.5) is 0 Å². The number of rotatable bonds is 4. The quantitative estimate of drug-likeness (QED) is 0.783. The summed E-state index contributed by atoms with van der Waals surface area (Å²) in [4.78, 5) is 14.1. The van der Waals surface area contributed by atoms with Gasteiger partial charge < -0.3 is 19.7 Å². The lowest BCUT2D eigenvalue weighted by Crippen LogP contribution is -2.44. The normalized spacial score (nSPS) is 26.3. The van der Waals surface area contributed by atoms with Crippen molar-refractivity contribution in [2.75, 3.05) is 46.5 Å². The van der Waals surface area contributed by atoms with Crippen molar-refractivity contribution < 1.29 is 14.3 Å². The molecule has 0 aromatic heterocycles. The molecule has 1 atom stereocenters. The van der Waals surface area contributed by atoms with E-state index in [0.29, 0.717) is 18.9 Å². The first-order valence-corrected chi connectivity index (χ1v) is 6.88. The molecule has 0 radical (unpaired) electrons. The van der Waals surface area contributed by atoms with Crippen molar-refractivity contribution in [3.8, 4) is 0 Å². The molecule has 0 spiro atoms. The fourth-order valence-electron chi connectivity index (χ4n) is 2.66. The first-order chi connectivity index (χ1) is 8.79.